The first-order valence-corrected chi connectivity index (χ1v) is 8.46. The molecule has 0 spiro atoms. The van der Waals surface area contributed by atoms with E-state index >= 15 is 0 Å². The number of carbonyl (C=O) groups excluding carboxylic acids is 1. The van der Waals surface area contributed by atoms with Gasteiger partial charge in [0.15, 0.2) is 5.82 Å². The van der Waals surface area contributed by atoms with Gasteiger partial charge in [-0.1, -0.05) is 11.2 Å². The number of nitrogens with zero attached hydrogens (tertiary/aromatic N) is 4. The van der Waals surface area contributed by atoms with Gasteiger partial charge < -0.3 is 9.42 Å². The summed E-state index contributed by atoms with van der Waals surface area (Å²) in [6.07, 6.45) is 0.258. The van der Waals surface area contributed by atoms with Crippen LogP contribution < -0.4 is 4.90 Å². The molecule has 1 unspecified atom stereocenters. The van der Waals surface area contributed by atoms with E-state index in [9.17, 15) is 9.18 Å². The van der Waals surface area contributed by atoms with Crippen molar-refractivity contribution in [2.24, 2.45) is 0 Å². The van der Waals surface area contributed by atoms with Crippen LogP contribution in [0.15, 0.2) is 47.0 Å². The number of rotatable bonds is 3. The smallest absolute Gasteiger partial charge is 0.257 e. The van der Waals surface area contributed by atoms with E-state index in [1.165, 1.54) is 6.07 Å². The fourth-order valence-electron chi connectivity index (χ4n) is 3.17. The average Bonchev–Trinajstić information content (AvgIpc) is 3.31. The minimum absolute atomic E-state index is 0.0659. The van der Waals surface area contributed by atoms with Crippen molar-refractivity contribution in [3.05, 3.63) is 65.2 Å². The quantitative estimate of drug-likeness (QED) is 0.711. The van der Waals surface area contributed by atoms with Crippen molar-refractivity contribution in [3.63, 3.8) is 0 Å². The number of nitriles is 1. The Morgan fingerprint density at radius 3 is 2.93 bits per heavy atom. The number of aromatic nitrogens is 2. The van der Waals surface area contributed by atoms with Gasteiger partial charge in [0.05, 0.1) is 11.6 Å². The molecule has 1 atom stereocenters. The molecule has 1 aliphatic heterocycles. The summed E-state index contributed by atoms with van der Waals surface area (Å²) in [4.78, 5) is 18.4. The molecule has 2 aromatic carbocycles. The van der Waals surface area contributed by atoms with Gasteiger partial charge in [-0.2, -0.15) is 10.2 Å². The van der Waals surface area contributed by atoms with E-state index in [0.29, 0.717) is 40.6 Å². The first kappa shape index (κ1) is 16.9. The topological polar surface area (TPSA) is 83.0 Å². The molecule has 0 bridgehead atoms. The van der Waals surface area contributed by atoms with Crippen LogP contribution in [0.4, 0.5) is 10.1 Å². The molecule has 1 fully saturated rings. The van der Waals surface area contributed by atoms with Crippen LogP contribution in [-0.2, 0) is 4.79 Å². The lowest BCUT2D eigenvalue weighted by molar-refractivity contribution is -0.117. The maximum atomic E-state index is 13.5. The Balaban J connectivity index is 1.57. The van der Waals surface area contributed by atoms with Crippen molar-refractivity contribution in [2.45, 2.75) is 19.3 Å². The number of hydrogen-bond acceptors (Lipinski definition) is 5. The Morgan fingerprint density at radius 2 is 2.15 bits per heavy atom. The van der Waals surface area contributed by atoms with Crippen LogP contribution in [0.25, 0.3) is 11.5 Å². The molecular weight excluding hydrogens is 347 g/mol. The number of benzene rings is 2. The molecule has 7 heteroatoms. The second kappa shape index (κ2) is 6.65. The highest BCUT2D eigenvalue weighted by Crippen LogP contribution is 2.32. The molecule has 0 aliphatic carbocycles. The fourth-order valence-corrected chi connectivity index (χ4v) is 3.17. The Morgan fingerprint density at radius 1 is 1.30 bits per heavy atom. The van der Waals surface area contributed by atoms with Crippen LogP contribution in [-0.4, -0.2) is 22.6 Å². The van der Waals surface area contributed by atoms with Gasteiger partial charge in [-0.25, -0.2) is 4.39 Å². The zero-order chi connectivity index (χ0) is 19.0. The van der Waals surface area contributed by atoms with Gasteiger partial charge in [-0.15, -0.1) is 0 Å². The van der Waals surface area contributed by atoms with E-state index in [4.69, 9.17) is 9.78 Å². The third-order valence-corrected chi connectivity index (χ3v) is 4.62. The molecule has 3 aromatic rings. The number of carbonyl (C=O) groups is 1. The Kier molecular flexibility index (Phi) is 4.16. The number of anilines is 1. The van der Waals surface area contributed by atoms with Gasteiger partial charge in [-0.05, 0) is 48.9 Å². The molecule has 0 N–H and O–H groups in total. The van der Waals surface area contributed by atoms with Crippen LogP contribution in [0.1, 0.15) is 29.3 Å². The van der Waals surface area contributed by atoms with Gasteiger partial charge in [-0.3, -0.25) is 4.79 Å². The van der Waals surface area contributed by atoms with Crippen molar-refractivity contribution in [2.75, 3.05) is 11.4 Å². The second-order valence-corrected chi connectivity index (χ2v) is 6.49. The summed E-state index contributed by atoms with van der Waals surface area (Å²) in [6.45, 7) is 2.07. The van der Waals surface area contributed by atoms with Crippen LogP contribution >= 0.6 is 0 Å². The molecule has 0 radical (unpaired) electrons. The van der Waals surface area contributed by atoms with E-state index in [1.807, 2.05) is 0 Å². The summed E-state index contributed by atoms with van der Waals surface area (Å²) < 4.78 is 18.8. The monoisotopic (exact) mass is 362 g/mol. The molecule has 1 amide bonds. The van der Waals surface area contributed by atoms with Gasteiger partial charge in [0, 0.05) is 30.1 Å². The molecule has 1 saturated heterocycles. The number of aryl methyl sites for hydroxylation is 1. The summed E-state index contributed by atoms with van der Waals surface area (Å²) >= 11 is 0. The van der Waals surface area contributed by atoms with Crippen molar-refractivity contribution in [1.29, 1.82) is 5.26 Å². The largest absolute Gasteiger partial charge is 0.334 e. The summed E-state index contributed by atoms with van der Waals surface area (Å²) in [5.74, 6) is 0.181. The molecule has 27 heavy (non-hydrogen) atoms. The van der Waals surface area contributed by atoms with Crippen molar-refractivity contribution < 1.29 is 13.7 Å². The molecule has 4 rings (SSSR count). The van der Waals surface area contributed by atoms with E-state index < -0.39 is 0 Å². The molecule has 1 aromatic heterocycles. The first-order chi connectivity index (χ1) is 13.0. The van der Waals surface area contributed by atoms with E-state index in [1.54, 1.807) is 48.2 Å². The molecule has 2 heterocycles. The van der Waals surface area contributed by atoms with E-state index in [-0.39, 0.29) is 24.1 Å². The number of hydrogen-bond donors (Lipinski definition) is 0. The maximum absolute atomic E-state index is 13.5. The fraction of sp³-hybridized carbons (Fsp3) is 0.200. The second-order valence-electron chi connectivity index (χ2n) is 6.49. The summed E-state index contributed by atoms with van der Waals surface area (Å²) in [6, 6.07) is 13.6. The van der Waals surface area contributed by atoms with Gasteiger partial charge in [0.25, 0.3) is 5.89 Å². The van der Waals surface area contributed by atoms with Gasteiger partial charge in [0.2, 0.25) is 5.91 Å². The van der Waals surface area contributed by atoms with Crippen LogP contribution in [0.2, 0.25) is 0 Å². The number of amides is 1. The van der Waals surface area contributed by atoms with Crippen LogP contribution in [0.3, 0.4) is 0 Å². The Labute approximate surface area is 154 Å². The van der Waals surface area contributed by atoms with Crippen LogP contribution in [0.5, 0.6) is 0 Å². The van der Waals surface area contributed by atoms with E-state index in [2.05, 4.69) is 16.2 Å². The summed E-state index contributed by atoms with van der Waals surface area (Å²) in [7, 11) is 0. The number of halogens is 1. The SMILES string of the molecule is Cc1cc(N2CC(c3noc(-c4cccc(C#N)c4)n3)CC2=O)ccc1F. The zero-order valence-electron chi connectivity index (χ0n) is 14.5. The Bertz CT molecular complexity index is 1070. The van der Waals surface area contributed by atoms with Crippen molar-refractivity contribution >= 4 is 11.6 Å². The maximum Gasteiger partial charge on any atom is 0.257 e. The highest BCUT2D eigenvalue weighted by molar-refractivity contribution is 5.96. The van der Waals surface area contributed by atoms with Crippen LogP contribution in [0, 0.1) is 24.1 Å². The van der Waals surface area contributed by atoms with Crippen molar-refractivity contribution in [3.8, 4) is 17.5 Å². The minimum Gasteiger partial charge on any atom is -0.334 e. The van der Waals surface area contributed by atoms with Gasteiger partial charge >= 0.3 is 0 Å². The van der Waals surface area contributed by atoms with E-state index in [0.717, 1.165) is 0 Å². The highest BCUT2D eigenvalue weighted by atomic mass is 19.1. The normalized spacial score (nSPS) is 16.6. The Hall–Kier alpha value is -3.53. The lowest BCUT2D eigenvalue weighted by Gasteiger charge is -2.16. The lowest BCUT2D eigenvalue weighted by Crippen LogP contribution is -2.24. The third kappa shape index (κ3) is 3.17. The molecule has 0 saturated carbocycles. The first-order valence-electron chi connectivity index (χ1n) is 8.46. The van der Waals surface area contributed by atoms with Crippen molar-refractivity contribution in [1.82, 2.24) is 10.1 Å². The highest BCUT2D eigenvalue weighted by Gasteiger charge is 2.34. The molecule has 1 aliphatic rings. The molecular formula is C20H15FN4O2. The molecule has 134 valence electrons. The average molecular weight is 362 g/mol. The van der Waals surface area contributed by atoms with Gasteiger partial charge in [0.1, 0.15) is 5.82 Å². The standard InChI is InChI=1S/C20H15FN4O2/c1-12-7-16(5-6-17(12)21)25-11-15(9-18(25)26)19-23-20(27-24-19)14-4-2-3-13(8-14)10-22/h2-8,15H,9,11H2,1H3. The third-order valence-electron chi connectivity index (χ3n) is 4.62. The predicted octanol–water partition coefficient (Wildman–Crippen LogP) is 3.58. The summed E-state index contributed by atoms with van der Waals surface area (Å²) in [5.41, 5.74) is 2.30. The minimum atomic E-state index is -0.302. The summed E-state index contributed by atoms with van der Waals surface area (Å²) in [5, 5.41) is 13.0. The lowest BCUT2D eigenvalue weighted by atomic mass is 10.1. The zero-order valence-corrected chi connectivity index (χ0v) is 14.5. The molecule has 6 nitrogen and oxygen atoms in total. The predicted molar refractivity (Wildman–Crippen MR) is 95.3 cm³/mol.